The van der Waals surface area contributed by atoms with Gasteiger partial charge in [0, 0.05) is 25.0 Å². The van der Waals surface area contributed by atoms with E-state index in [1.807, 2.05) is 24.7 Å². The number of Topliss-reactive ketones (excluding diaryl/α,β-unsaturated/α-hetero) is 1. The first-order valence-electron chi connectivity index (χ1n) is 5.38. The molecule has 5 nitrogen and oxygen atoms in total. The normalized spacial score (nSPS) is 10.5. The monoisotopic (exact) mass is 230 g/mol. The SMILES string of the molecule is Cc1cc(C(=O)Cc2nccn2C)c(C)nn1. The van der Waals surface area contributed by atoms with Gasteiger partial charge < -0.3 is 4.57 Å². The van der Waals surface area contributed by atoms with E-state index < -0.39 is 0 Å². The van der Waals surface area contributed by atoms with Crippen LogP contribution >= 0.6 is 0 Å². The number of rotatable bonds is 3. The molecule has 0 saturated heterocycles. The molecule has 0 N–H and O–H groups in total. The predicted octanol–water partition coefficient (Wildman–Crippen LogP) is 1.25. The molecule has 0 bridgehead atoms. The number of carbonyl (C=O) groups is 1. The Hall–Kier alpha value is -2.04. The van der Waals surface area contributed by atoms with Gasteiger partial charge in [-0.2, -0.15) is 10.2 Å². The van der Waals surface area contributed by atoms with Crippen molar-refractivity contribution in [2.45, 2.75) is 20.3 Å². The zero-order chi connectivity index (χ0) is 12.4. The second-order valence-corrected chi connectivity index (χ2v) is 4.04. The summed E-state index contributed by atoms with van der Waals surface area (Å²) in [6.07, 6.45) is 3.80. The summed E-state index contributed by atoms with van der Waals surface area (Å²) in [7, 11) is 1.87. The molecule has 0 aliphatic carbocycles. The van der Waals surface area contributed by atoms with Crippen LogP contribution in [-0.2, 0) is 13.5 Å². The Morgan fingerprint density at radius 1 is 1.35 bits per heavy atom. The van der Waals surface area contributed by atoms with Gasteiger partial charge in [0.2, 0.25) is 0 Å². The highest BCUT2D eigenvalue weighted by atomic mass is 16.1. The molecule has 17 heavy (non-hydrogen) atoms. The van der Waals surface area contributed by atoms with Crippen LogP contribution < -0.4 is 0 Å². The Balaban J connectivity index is 2.26. The lowest BCUT2D eigenvalue weighted by molar-refractivity contribution is 0.0988. The van der Waals surface area contributed by atoms with E-state index in [2.05, 4.69) is 15.2 Å². The lowest BCUT2D eigenvalue weighted by atomic mass is 10.1. The Morgan fingerprint density at radius 3 is 2.76 bits per heavy atom. The van der Waals surface area contributed by atoms with Crippen LogP contribution in [0.1, 0.15) is 27.6 Å². The molecule has 0 spiro atoms. The van der Waals surface area contributed by atoms with Crippen molar-refractivity contribution < 1.29 is 4.79 Å². The molecule has 0 atom stereocenters. The summed E-state index contributed by atoms with van der Waals surface area (Å²) >= 11 is 0. The first-order chi connectivity index (χ1) is 8.08. The van der Waals surface area contributed by atoms with Crippen molar-refractivity contribution in [1.29, 1.82) is 0 Å². The topological polar surface area (TPSA) is 60.7 Å². The Bertz CT molecular complexity index is 559. The Labute approximate surface area is 99.5 Å². The van der Waals surface area contributed by atoms with E-state index >= 15 is 0 Å². The fourth-order valence-electron chi connectivity index (χ4n) is 1.64. The first-order valence-corrected chi connectivity index (χ1v) is 5.38. The van der Waals surface area contributed by atoms with Crippen molar-refractivity contribution >= 4 is 5.78 Å². The third-order valence-corrected chi connectivity index (χ3v) is 2.64. The molecule has 0 unspecified atom stereocenters. The maximum absolute atomic E-state index is 12.1. The molecule has 2 heterocycles. The van der Waals surface area contributed by atoms with Gasteiger partial charge in [0.05, 0.1) is 17.8 Å². The van der Waals surface area contributed by atoms with Crippen LogP contribution in [-0.4, -0.2) is 25.5 Å². The number of aromatic nitrogens is 4. The third-order valence-electron chi connectivity index (χ3n) is 2.64. The second-order valence-electron chi connectivity index (χ2n) is 4.04. The van der Waals surface area contributed by atoms with Gasteiger partial charge in [-0.1, -0.05) is 0 Å². The van der Waals surface area contributed by atoms with E-state index in [1.54, 1.807) is 19.2 Å². The van der Waals surface area contributed by atoms with Crippen molar-refractivity contribution in [2.75, 3.05) is 0 Å². The number of imidazole rings is 1. The Kier molecular flexibility index (Phi) is 2.99. The summed E-state index contributed by atoms with van der Waals surface area (Å²) in [5.41, 5.74) is 2.04. The number of nitrogens with zero attached hydrogens (tertiary/aromatic N) is 4. The van der Waals surface area contributed by atoms with Gasteiger partial charge in [0.1, 0.15) is 5.82 Å². The van der Waals surface area contributed by atoms with Gasteiger partial charge in [-0.15, -0.1) is 0 Å². The molecule has 2 aromatic rings. The fourth-order valence-corrected chi connectivity index (χ4v) is 1.64. The molecule has 0 amide bonds. The van der Waals surface area contributed by atoms with Gasteiger partial charge in [0.15, 0.2) is 5.78 Å². The van der Waals surface area contributed by atoms with Crippen LogP contribution in [0.3, 0.4) is 0 Å². The van der Waals surface area contributed by atoms with Gasteiger partial charge >= 0.3 is 0 Å². The molecular weight excluding hydrogens is 216 g/mol. The van der Waals surface area contributed by atoms with E-state index in [4.69, 9.17) is 0 Å². The molecule has 88 valence electrons. The average molecular weight is 230 g/mol. The lowest BCUT2D eigenvalue weighted by Crippen LogP contribution is -2.11. The van der Waals surface area contributed by atoms with E-state index in [0.717, 1.165) is 11.5 Å². The number of hydrogen-bond acceptors (Lipinski definition) is 4. The molecule has 0 radical (unpaired) electrons. The van der Waals surface area contributed by atoms with E-state index in [1.165, 1.54) is 0 Å². The minimum Gasteiger partial charge on any atom is -0.338 e. The van der Waals surface area contributed by atoms with Crippen LogP contribution in [0.25, 0.3) is 0 Å². The molecule has 0 aromatic carbocycles. The van der Waals surface area contributed by atoms with Crippen molar-refractivity contribution in [3.8, 4) is 0 Å². The summed E-state index contributed by atoms with van der Waals surface area (Å²) in [4.78, 5) is 16.3. The first kappa shape index (κ1) is 11.4. The largest absolute Gasteiger partial charge is 0.338 e. The summed E-state index contributed by atoms with van der Waals surface area (Å²) in [6, 6.07) is 1.77. The van der Waals surface area contributed by atoms with Gasteiger partial charge in [-0.05, 0) is 19.9 Å². The van der Waals surface area contributed by atoms with Crippen molar-refractivity contribution in [2.24, 2.45) is 7.05 Å². The highest BCUT2D eigenvalue weighted by molar-refractivity contribution is 5.98. The van der Waals surface area contributed by atoms with Crippen LogP contribution in [0.5, 0.6) is 0 Å². The van der Waals surface area contributed by atoms with Gasteiger partial charge in [-0.3, -0.25) is 4.79 Å². The van der Waals surface area contributed by atoms with Gasteiger partial charge in [0.25, 0.3) is 0 Å². The number of ketones is 1. The average Bonchev–Trinajstić information content (AvgIpc) is 2.68. The number of hydrogen-bond donors (Lipinski definition) is 0. The zero-order valence-electron chi connectivity index (χ0n) is 10.1. The lowest BCUT2D eigenvalue weighted by Gasteiger charge is -2.04. The standard InChI is InChI=1S/C12H14N4O/c1-8-6-10(9(2)15-14-8)11(17)7-12-13-4-5-16(12)3/h4-6H,7H2,1-3H3. The molecule has 2 aromatic heterocycles. The summed E-state index contributed by atoms with van der Waals surface area (Å²) in [6.45, 7) is 3.61. The fraction of sp³-hybridized carbons (Fsp3) is 0.333. The summed E-state index contributed by atoms with van der Waals surface area (Å²) in [5.74, 6) is 0.777. The second kappa shape index (κ2) is 4.45. The van der Waals surface area contributed by atoms with E-state index in [-0.39, 0.29) is 12.2 Å². The quantitative estimate of drug-likeness (QED) is 0.744. The number of aryl methyl sites for hydroxylation is 3. The summed E-state index contributed by atoms with van der Waals surface area (Å²) in [5, 5.41) is 7.87. The van der Waals surface area contributed by atoms with Crippen LogP contribution in [0, 0.1) is 13.8 Å². The third kappa shape index (κ3) is 2.38. The molecule has 0 aliphatic heterocycles. The van der Waals surface area contributed by atoms with Crippen LogP contribution in [0.2, 0.25) is 0 Å². The smallest absolute Gasteiger partial charge is 0.172 e. The maximum atomic E-state index is 12.1. The minimum atomic E-state index is 0.0230. The van der Waals surface area contributed by atoms with Crippen LogP contribution in [0.4, 0.5) is 0 Å². The minimum absolute atomic E-state index is 0.0230. The number of carbonyl (C=O) groups excluding carboxylic acids is 1. The van der Waals surface area contributed by atoms with Crippen molar-refractivity contribution in [3.05, 3.63) is 41.2 Å². The highest BCUT2D eigenvalue weighted by Crippen LogP contribution is 2.09. The van der Waals surface area contributed by atoms with E-state index in [9.17, 15) is 4.79 Å². The molecule has 5 heteroatoms. The zero-order valence-corrected chi connectivity index (χ0v) is 10.1. The predicted molar refractivity (Wildman–Crippen MR) is 62.7 cm³/mol. The molecule has 0 aliphatic rings. The highest BCUT2D eigenvalue weighted by Gasteiger charge is 2.13. The Morgan fingerprint density at radius 2 is 2.12 bits per heavy atom. The van der Waals surface area contributed by atoms with E-state index in [0.29, 0.717) is 11.3 Å². The maximum Gasteiger partial charge on any atom is 0.172 e. The molecule has 0 saturated carbocycles. The van der Waals surface area contributed by atoms with Crippen molar-refractivity contribution in [3.63, 3.8) is 0 Å². The molecule has 2 rings (SSSR count). The molecular formula is C12H14N4O. The van der Waals surface area contributed by atoms with Crippen LogP contribution in [0.15, 0.2) is 18.5 Å². The van der Waals surface area contributed by atoms with Gasteiger partial charge in [-0.25, -0.2) is 4.98 Å². The summed E-state index contributed by atoms with van der Waals surface area (Å²) < 4.78 is 1.84. The molecule has 0 fully saturated rings. The van der Waals surface area contributed by atoms with Crippen molar-refractivity contribution in [1.82, 2.24) is 19.7 Å².